The molecule has 2 heterocycles. The lowest BCUT2D eigenvalue weighted by molar-refractivity contribution is -0.137. The Labute approximate surface area is 216 Å². The van der Waals surface area contributed by atoms with Crippen LogP contribution in [0.1, 0.15) is 42.5 Å². The number of hydrogen-bond acceptors (Lipinski definition) is 6. The van der Waals surface area contributed by atoms with Gasteiger partial charge >= 0.3 is 5.97 Å². The number of para-hydroxylation sites is 1. The summed E-state index contributed by atoms with van der Waals surface area (Å²) in [5.74, 6) is -0.546. The summed E-state index contributed by atoms with van der Waals surface area (Å²) in [4.78, 5) is 29.3. The van der Waals surface area contributed by atoms with Crippen molar-refractivity contribution in [1.29, 1.82) is 0 Å². The van der Waals surface area contributed by atoms with Crippen molar-refractivity contribution in [2.45, 2.75) is 31.8 Å². The van der Waals surface area contributed by atoms with Crippen LogP contribution in [0.3, 0.4) is 0 Å². The molecule has 0 bridgehead atoms. The van der Waals surface area contributed by atoms with E-state index in [1.807, 2.05) is 30.3 Å². The Morgan fingerprint density at radius 3 is 2.50 bits per heavy atom. The van der Waals surface area contributed by atoms with E-state index >= 15 is 0 Å². The number of unbranched alkanes of at least 4 members (excludes halogenated alkanes) is 1. The summed E-state index contributed by atoms with van der Waals surface area (Å²) >= 11 is 0. The number of nitrogens with zero attached hydrogens (tertiary/aromatic N) is 3. The van der Waals surface area contributed by atoms with Crippen molar-refractivity contribution in [1.82, 2.24) is 14.7 Å². The van der Waals surface area contributed by atoms with Gasteiger partial charge in [-0.1, -0.05) is 41.6 Å². The van der Waals surface area contributed by atoms with E-state index in [9.17, 15) is 19.1 Å². The van der Waals surface area contributed by atoms with Crippen molar-refractivity contribution in [3.8, 4) is 16.9 Å². The number of benzene rings is 3. The van der Waals surface area contributed by atoms with Crippen molar-refractivity contribution in [3.05, 3.63) is 112 Å². The molecule has 2 aromatic heterocycles. The molecule has 8 nitrogen and oxygen atoms in total. The van der Waals surface area contributed by atoms with Crippen LogP contribution in [0.2, 0.25) is 0 Å². The zero-order valence-electron chi connectivity index (χ0n) is 20.3. The summed E-state index contributed by atoms with van der Waals surface area (Å²) in [6.45, 7) is 0. The summed E-state index contributed by atoms with van der Waals surface area (Å²) in [6.07, 6.45) is 0.382. The van der Waals surface area contributed by atoms with Gasteiger partial charge in [0.1, 0.15) is 23.4 Å². The standard InChI is InChI=1S/C29H24FN3O5/c30-20-13-10-18(11-14-20)28(36)25-17-23(32-38-25)19-12-15-22-24(16-19)31-26(8-4-5-9-27(34)35)33(29(22)37)21-6-2-1-3-7-21/h1-3,6-7,10-17,28,36H,4-5,8-9H2,(H,34,35)/t28-/m1/s1. The third-order valence-corrected chi connectivity index (χ3v) is 6.27. The monoisotopic (exact) mass is 513 g/mol. The highest BCUT2D eigenvalue weighted by Gasteiger charge is 2.19. The number of carboxylic acids is 1. The summed E-state index contributed by atoms with van der Waals surface area (Å²) in [5, 5.41) is 24.1. The smallest absolute Gasteiger partial charge is 0.303 e. The van der Waals surface area contributed by atoms with Crippen LogP contribution in [0.5, 0.6) is 0 Å². The van der Waals surface area contributed by atoms with Crippen molar-refractivity contribution >= 4 is 16.9 Å². The van der Waals surface area contributed by atoms with Gasteiger partial charge in [0.05, 0.1) is 16.6 Å². The number of rotatable bonds is 9. The van der Waals surface area contributed by atoms with Gasteiger partial charge in [0.15, 0.2) is 5.76 Å². The van der Waals surface area contributed by atoms with Gasteiger partial charge in [0.25, 0.3) is 5.56 Å². The Balaban J connectivity index is 1.51. The van der Waals surface area contributed by atoms with E-state index in [-0.39, 0.29) is 17.7 Å². The first-order chi connectivity index (χ1) is 18.4. The number of carbonyl (C=O) groups is 1. The van der Waals surface area contributed by atoms with E-state index in [1.165, 1.54) is 24.3 Å². The first kappa shape index (κ1) is 25.0. The highest BCUT2D eigenvalue weighted by Crippen LogP contribution is 2.28. The molecular formula is C29H24FN3O5. The maximum atomic E-state index is 13.5. The number of aliphatic carboxylic acids is 1. The van der Waals surface area contributed by atoms with Crippen molar-refractivity contribution in [2.75, 3.05) is 0 Å². The fraction of sp³-hybridized carbons (Fsp3) is 0.172. The van der Waals surface area contributed by atoms with Crippen molar-refractivity contribution < 1.29 is 23.9 Å². The van der Waals surface area contributed by atoms with Gasteiger partial charge in [-0.2, -0.15) is 0 Å². The molecule has 192 valence electrons. The van der Waals surface area contributed by atoms with Crippen LogP contribution in [0, 0.1) is 5.82 Å². The summed E-state index contributed by atoms with van der Waals surface area (Å²) in [7, 11) is 0. The second-order valence-corrected chi connectivity index (χ2v) is 8.91. The number of carboxylic acid groups (broad SMARTS) is 1. The van der Waals surface area contributed by atoms with E-state index < -0.39 is 17.9 Å². The first-order valence-electron chi connectivity index (χ1n) is 12.1. The normalized spacial score (nSPS) is 12.1. The van der Waals surface area contributed by atoms with Crippen molar-refractivity contribution in [2.24, 2.45) is 0 Å². The quantitative estimate of drug-likeness (QED) is 0.265. The average molecular weight is 514 g/mol. The molecular weight excluding hydrogens is 489 g/mol. The molecule has 0 aliphatic rings. The number of aliphatic hydroxyl groups is 1. The van der Waals surface area contributed by atoms with E-state index in [0.29, 0.717) is 58.5 Å². The Hall–Kier alpha value is -4.63. The molecule has 1 atom stereocenters. The Bertz CT molecular complexity index is 1650. The lowest BCUT2D eigenvalue weighted by atomic mass is 10.0. The van der Waals surface area contributed by atoms with Crippen LogP contribution in [-0.4, -0.2) is 30.9 Å². The maximum Gasteiger partial charge on any atom is 0.303 e. The predicted octanol–water partition coefficient (Wildman–Crippen LogP) is 5.06. The molecule has 5 rings (SSSR count). The zero-order valence-corrected chi connectivity index (χ0v) is 20.3. The maximum absolute atomic E-state index is 13.5. The van der Waals surface area contributed by atoms with Gasteiger partial charge in [0.2, 0.25) is 0 Å². The van der Waals surface area contributed by atoms with Gasteiger partial charge in [-0.05, 0) is 54.8 Å². The Morgan fingerprint density at radius 1 is 1.00 bits per heavy atom. The SMILES string of the molecule is O=C(O)CCCCc1nc2cc(-c3cc([C@H](O)c4ccc(F)cc4)on3)ccc2c(=O)n1-c1ccccc1. The number of hydrogen-bond donors (Lipinski definition) is 2. The molecule has 38 heavy (non-hydrogen) atoms. The molecule has 0 aliphatic heterocycles. The number of aromatic nitrogens is 3. The largest absolute Gasteiger partial charge is 0.481 e. The second-order valence-electron chi connectivity index (χ2n) is 8.91. The minimum absolute atomic E-state index is 0.0472. The molecule has 2 N–H and O–H groups in total. The summed E-state index contributed by atoms with van der Waals surface area (Å²) in [5.41, 5.74) is 2.47. The molecule has 0 unspecified atom stereocenters. The van der Waals surface area contributed by atoms with Crippen LogP contribution in [0.4, 0.5) is 4.39 Å². The molecule has 0 amide bonds. The minimum atomic E-state index is -1.12. The van der Waals surface area contributed by atoms with Crippen LogP contribution in [0.25, 0.3) is 27.8 Å². The van der Waals surface area contributed by atoms with Gasteiger partial charge in [-0.3, -0.25) is 14.2 Å². The number of aryl methyl sites for hydroxylation is 1. The van der Waals surface area contributed by atoms with Gasteiger partial charge in [-0.15, -0.1) is 0 Å². The van der Waals surface area contributed by atoms with E-state index in [2.05, 4.69) is 5.16 Å². The van der Waals surface area contributed by atoms with Crippen molar-refractivity contribution in [3.63, 3.8) is 0 Å². The number of halogens is 1. The zero-order chi connectivity index (χ0) is 26.6. The fourth-order valence-corrected chi connectivity index (χ4v) is 4.32. The van der Waals surface area contributed by atoms with Crippen LogP contribution < -0.4 is 5.56 Å². The van der Waals surface area contributed by atoms with Crippen LogP contribution in [-0.2, 0) is 11.2 Å². The van der Waals surface area contributed by atoms with E-state index in [1.54, 1.807) is 28.8 Å². The molecule has 0 saturated heterocycles. The lowest BCUT2D eigenvalue weighted by Gasteiger charge is -2.14. The van der Waals surface area contributed by atoms with E-state index in [0.717, 1.165) is 0 Å². The molecule has 0 aliphatic carbocycles. The predicted molar refractivity (Wildman–Crippen MR) is 138 cm³/mol. The average Bonchev–Trinajstić information content (AvgIpc) is 3.42. The van der Waals surface area contributed by atoms with E-state index in [4.69, 9.17) is 14.6 Å². The Kier molecular flexibility index (Phi) is 7.10. The van der Waals surface area contributed by atoms with Gasteiger partial charge in [-0.25, -0.2) is 9.37 Å². The molecule has 0 spiro atoms. The van der Waals surface area contributed by atoms with Crippen LogP contribution in [0.15, 0.2) is 88.2 Å². The van der Waals surface area contributed by atoms with Crippen LogP contribution >= 0.6 is 0 Å². The highest BCUT2D eigenvalue weighted by molar-refractivity contribution is 5.83. The number of aliphatic hydroxyl groups excluding tert-OH is 1. The highest BCUT2D eigenvalue weighted by atomic mass is 19.1. The lowest BCUT2D eigenvalue weighted by Crippen LogP contribution is -2.24. The first-order valence-corrected chi connectivity index (χ1v) is 12.1. The van der Waals surface area contributed by atoms with Gasteiger partial charge in [0, 0.05) is 24.5 Å². The third-order valence-electron chi connectivity index (χ3n) is 6.27. The number of fused-ring (bicyclic) bond motifs is 1. The molecule has 5 aromatic rings. The summed E-state index contributed by atoms with van der Waals surface area (Å²) < 4.78 is 20.2. The fourth-order valence-electron chi connectivity index (χ4n) is 4.32. The minimum Gasteiger partial charge on any atom is -0.481 e. The van der Waals surface area contributed by atoms with Gasteiger partial charge < -0.3 is 14.7 Å². The topological polar surface area (TPSA) is 118 Å². The summed E-state index contributed by atoms with van der Waals surface area (Å²) in [6, 6.07) is 21.4. The Morgan fingerprint density at radius 2 is 1.76 bits per heavy atom. The molecule has 0 fully saturated rings. The third kappa shape index (κ3) is 5.23. The second kappa shape index (κ2) is 10.8. The molecule has 0 saturated carbocycles. The molecule has 0 radical (unpaired) electrons. The molecule has 9 heteroatoms. The molecule has 3 aromatic carbocycles.